The highest BCUT2D eigenvalue weighted by molar-refractivity contribution is 5.93. The van der Waals surface area contributed by atoms with Crippen molar-refractivity contribution >= 4 is 5.91 Å². The first-order valence-corrected chi connectivity index (χ1v) is 7.82. The van der Waals surface area contributed by atoms with Gasteiger partial charge in [0.2, 0.25) is 0 Å². The van der Waals surface area contributed by atoms with Gasteiger partial charge in [0.25, 0.3) is 5.91 Å². The average Bonchev–Trinajstić information content (AvgIpc) is 3.08. The van der Waals surface area contributed by atoms with E-state index in [4.69, 9.17) is 0 Å². The number of aryl methyl sites for hydroxylation is 1. The maximum atomic E-state index is 12.8. The molecule has 25 heavy (non-hydrogen) atoms. The predicted molar refractivity (Wildman–Crippen MR) is 83.9 cm³/mol. The Hall–Kier alpha value is -2.35. The predicted octanol–water partition coefficient (Wildman–Crippen LogP) is 2.64. The van der Waals surface area contributed by atoms with Crippen molar-refractivity contribution in [3.63, 3.8) is 0 Å². The number of benzene rings is 1. The van der Waals surface area contributed by atoms with Crippen molar-refractivity contribution in [1.82, 2.24) is 15.1 Å². The monoisotopic (exact) mass is 353 g/mol. The minimum Gasteiger partial charge on any atom is -0.383 e. The lowest BCUT2D eigenvalue weighted by atomic mass is 9.95. The average molecular weight is 353 g/mol. The van der Waals surface area contributed by atoms with Crippen LogP contribution in [0.4, 0.5) is 13.2 Å². The molecule has 0 radical (unpaired) electrons. The van der Waals surface area contributed by atoms with E-state index in [9.17, 15) is 23.1 Å². The van der Waals surface area contributed by atoms with Gasteiger partial charge in [-0.15, -0.1) is 0 Å². The number of aliphatic hydroxyl groups is 1. The zero-order valence-electron chi connectivity index (χ0n) is 13.8. The summed E-state index contributed by atoms with van der Waals surface area (Å²) in [5.41, 5.74) is -1.01. The molecular weight excluding hydrogens is 335 g/mol. The fourth-order valence-electron chi connectivity index (χ4n) is 3.36. The number of nitrogens with zero attached hydrogens (tertiary/aromatic N) is 2. The number of amides is 1. The lowest BCUT2D eigenvalue weighted by Crippen LogP contribution is -2.41. The molecule has 0 saturated heterocycles. The number of carbonyl (C=O) groups is 1. The van der Waals surface area contributed by atoms with Crippen LogP contribution in [0.15, 0.2) is 24.3 Å². The quantitative estimate of drug-likeness (QED) is 0.891. The molecule has 0 spiro atoms. The molecule has 1 aliphatic rings. The lowest BCUT2D eigenvalue weighted by molar-refractivity contribution is -0.141. The van der Waals surface area contributed by atoms with Crippen molar-refractivity contribution in [3.05, 3.63) is 52.3 Å². The van der Waals surface area contributed by atoms with Gasteiger partial charge in [-0.1, -0.05) is 24.3 Å². The van der Waals surface area contributed by atoms with Crippen LogP contribution >= 0.6 is 0 Å². The van der Waals surface area contributed by atoms with Crippen LogP contribution in [-0.2, 0) is 18.2 Å². The highest BCUT2D eigenvalue weighted by Crippen LogP contribution is 2.37. The molecule has 0 saturated carbocycles. The number of rotatable bonds is 3. The first kappa shape index (κ1) is 17.5. The van der Waals surface area contributed by atoms with Crippen molar-refractivity contribution in [1.29, 1.82) is 0 Å². The number of hydrogen-bond donors (Lipinski definition) is 2. The summed E-state index contributed by atoms with van der Waals surface area (Å²) < 4.78 is 38.5. The first-order chi connectivity index (χ1) is 11.6. The first-order valence-electron chi connectivity index (χ1n) is 7.82. The Morgan fingerprint density at radius 1 is 1.40 bits per heavy atom. The van der Waals surface area contributed by atoms with Crippen LogP contribution in [0.3, 0.4) is 0 Å². The highest BCUT2D eigenvalue weighted by Gasteiger charge is 2.40. The number of hydrogen-bond acceptors (Lipinski definition) is 3. The zero-order valence-corrected chi connectivity index (χ0v) is 13.8. The van der Waals surface area contributed by atoms with Gasteiger partial charge in [0.1, 0.15) is 11.3 Å². The van der Waals surface area contributed by atoms with Gasteiger partial charge >= 0.3 is 6.18 Å². The molecule has 8 heteroatoms. The second-order valence-corrected chi connectivity index (χ2v) is 6.42. The minimum atomic E-state index is -4.60. The fraction of sp³-hybridized carbons (Fsp3) is 0.412. The molecular formula is C17H18F3N3O2. The van der Waals surface area contributed by atoms with Crippen molar-refractivity contribution in [2.45, 2.75) is 31.5 Å². The molecule has 1 atom stereocenters. The summed E-state index contributed by atoms with van der Waals surface area (Å²) in [4.78, 5) is 13.7. The number of nitrogens with one attached hydrogen (secondary N) is 1. The highest BCUT2D eigenvalue weighted by atomic mass is 19.4. The molecule has 5 nitrogen and oxygen atoms in total. The Kier molecular flexibility index (Phi) is 4.10. The number of aromatic amines is 1. The molecule has 1 heterocycles. The molecule has 1 aromatic carbocycles. The summed E-state index contributed by atoms with van der Waals surface area (Å²) in [5.74, 6) is -0.665. The summed E-state index contributed by atoms with van der Waals surface area (Å²) in [5, 5.41) is 16.3. The van der Waals surface area contributed by atoms with Crippen LogP contribution in [0.25, 0.3) is 0 Å². The van der Waals surface area contributed by atoms with Crippen molar-refractivity contribution in [2.75, 3.05) is 13.6 Å². The smallest absolute Gasteiger partial charge is 0.383 e. The van der Waals surface area contributed by atoms with Gasteiger partial charge in [0, 0.05) is 12.6 Å². The van der Waals surface area contributed by atoms with Crippen molar-refractivity contribution < 1.29 is 23.1 Å². The number of alkyl halides is 3. The van der Waals surface area contributed by atoms with Crippen LogP contribution in [0, 0.1) is 6.92 Å². The van der Waals surface area contributed by atoms with Gasteiger partial charge in [-0.25, -0.2) is 0 Å². The Labute approximate surface area is 142 Å². The van der Waals surface area contributed by atoms with E-state index in [2.05, 4.69) is 5.10 Å². The number of H-pyrrole nitrogens is 1. The normalized spacial score (nSPS) is 19.8. The zero-order chi connectivity index (χ0) is 18.4. The SMILES string of the molecule is Cc1c(C(=O)N(C)CC2(O)CCc3ccccc32)n[nH]c1C(F)(F)F. The number of likely N-dealkylation sites (N-methyl/N-ethyl adjacent to an activating group) is 1. The van der Waals surface area contributed by atoms with E-state index in [0.717, 1.165) is 11.1 Å². The maximum absolute atomic E-state index is 12.8. The summed E-state index contributed by atoms with van der Waals surface area (Å²) in [7, 11) is 1.45. The van der Waals surface area contributed by atoms with E-state index < -0.39 is 23.4 Å². The summed E-state index contributed by atoms with van der Waals surface area (Å²) in [6.07, 6.45) is -3.46. The molecule has 0 bridgehead atoms. The molecule has 134 valence electrons. The molecule has 1 unspecified atom stereocenters. The Bertz CT molecular complexity index is 816. The second kappa shape index (κ2) is 5.87. The second-order valence-electron chi connectivity index (χ2n) is 6.42. The van der Waals surface area contributed by atoms with E-state index >= 15 is 0 Å². The van der Waals surface area contributed by atoms with Gasteiger partial charge in [0.15, 0.2) is 5.69 Å². The van der Waals surface area contributed by atoms with Crippen molar-refractivity contribution in [3.8, 4) is 0 Å². The van der Waals surface area contributed by atoms with E-state index in [0.29, 0.717) is 12.8 Å². The molecule has 0 fully saturated rings. The third-order valence-corrected chi connectivity index (χ3v) is 4.67. The van der Waals surface area contributed by atoms with E-state index in [1.807, 2.05) is 29.4 Å². The third-order valence-electron chi connectivity index (χ3n) is 4.67. The van der Waals surface area contributed by atoms with Crippen LogP contribution in [0.1, 0.15) is 39.3 Å². The van der Waals surface area contributed by atoms with Gasteiger partial charge in [0.05, 0.1) is 6.54 Å². The van der Waals surface area contributed by atoms with Crippen LogP contribution in [0.2, 0.25) is 0 Å². The van der Waals surface area contributed by atoms with E-state index in [-0.39, 0.29) is 17.8 Å². The van der Waals surface area contributed by atoms with Crippen LogP contribution in [-0.4, -0.2) is 39.7 Å². The van der Waals surface area contributed by atoms with Crippen molar-refractivity contribution in [2.24, 2.45) is 0 Å². The molecule has 2 aromatic rings. The largest absolute Gasteiger partial charge is 0.433 e. The van der Waals surface area contributed by atoms with Gasteiger partial charge in [-0.3, -0.25) is 9.89 Å². The number of halogens is 3. The van der Waals surface area contributed by atoms with Crippen LogP contribution < -0.4 is 0 Å². The Balaban J connectivity index is 1.82. The molecule has 1 aliphatic carbocycles. The fourth-order valence-corrected chi connectivity index (χ4v) is 3.36. The van der Waals surface area contributed by atoms with Gasteiger partial charge in [-0.2, -0.15) is 18.3 Å². The Morgan fingerprint density at radius 2 is 2.08 bits per heavy atom. The number of aromatic nitrogens is 2. The lowest BCUT2D eigenvalue weighted by Gasteiger charge is -2.29. The molecule has 0 aliphatic heterocycles. The molecule has 1 aromatic heterocycles. The molecule has 2 N–H and O–H groups in total. The summed E-state index contributed by atoms with van der Waals surface area (Å²) in [6.45, 7) is 1.18. The molecule has 1 amide bonds. The number of carbonyl (C=O) groups excluding carboxylic acids is 1. The number of fused-ring (bicyclic) bond motifs is 1. The standard InChI is InChI=1S/C17H18F3N3O2/c1-10-13(21-22-14(10)17(18,19)20)15(24)23(2)9-16(25)8-7-11-5-3-4-6-12(11)16/h3-6,25H,7-9H2,1-2H3,(H,21,22). The molecule has 3 rings (SSSR count). The van der Waals surface area contributed by atoms with Gasteiger partial charge < -0.3 is 10.0 Å². The summed E-state index contributed by atoms with van der Waals surface area (Å²) in [6, 6.07) is 7.42. The maximum Gasteiger partial charge on any atom is 0.433 e. The minimum absolute atomic E-state index is 0.0174. The van der Waals surface area contributed by atoms with Crippen LogP contribution in [0.5, 0.6) is 0 Å². The van der Waals surface area contributed by atoms with E-state index in [1.165, 1.54) is 18.9 Å². The van der Waals surface area contributed by atoms with E-state index in [1.54, 1.807) is 0 Å². The van der Waals surface area contributed by atoms with Gasteiger partial charge in [-0.05, 0) is 30.9 Å². The Morgan fingerprint density at radius 3 is 2.72 bits per heavy atom. The topological polar surface area (TPSA) is 69.2 Å². The third kappa shape index (κ3) is 3.02. The summed E-state index contributed by atoms with van der Waals surface area (Å²) >= 11 is 0.